The smallest absolute Gasteiger partial charge is 0.131 e. The summed E-state index contributed by atoms with van der Waals surface area (Å²) in [6, 6.07) is 3.68. The number of pyridine rings is 1. The van der Waals surface area contributed by atoms with Gasteiger partial charge in [0, 0.05) is 12.4 Å². The van der Waals surface area contributed by atoms with Crippen LogP contribution in [0.5, 0.6) is 0 Å². The van der Waals surface area contributed by atoms with Gasteiger partial charge in [-0.05, 0) is 28.1 Å². The lowest BCUT2D eigenvalue weighted by Gasteiger charge is -2.00. The Morgan fingerprint density at radius 3 is 3.00 bits per heavy atom. The number of aromatic nitrogens is 1. The Morgan fingerprint density at radius 1 is 1.69 bits per heavy atom. The van der Waals surface area contributed by atoms with Gasteiger partial charge in [-0.2, -0.15) is 0 Å². The zero-order valence-corrected chi connectivity index (χ0v) is 8.38. The summed E-state index contributed by atoms with van der Waals surface area (Å²) >= 11 is 3.13. The maximum absolute atomic E-state index is 7.07. The highest BCUT2D eigenvalue weighted by molar-refractivity contribution is 9.12. The van der Waals surface area contributed by atoms with E-state index in [4.69, 9.17) is 11.1 Å². The monoisotopic (exact) mass is 240 g/mol. The van der Waals surface area contributed by atoms with E-state index < -0.39 is 0 Å². The second-order valence-corrected chi connectivity index (χ2v) is 3.15. The second-order valence-electron chi connectivity index (χ2n) is 2.29. The van der Waals surface area contributed by atoms with E-state index in [1.165, 1.54) is 0 Å². The zero-order chi connectivity index (χ0) is 9.68. The summed E-state index contributed by atoms with van der Waals surface area (Å²) < 4.78 is 0.511. The molecule has 0 fully saturated rings. The minimum Gasteiger partial charge on any atom is -0.383 e. The van der Waals surface area contributed by atoms with E-state index in [-0.39, 0.29) is 5.84 Å². The quantitative estimate of drug-likeness (QED) is 0.556. The molecule has 0 aliphatic rings. The lowest BCUT2D eigenvalue weighted by Crippen LogP contribution is -2.09. The number of halogens is 1. The average Bonchev–Trinajstić information content (AvgIpc) is 2.15. The van der Waals surface area contributed by atoms with Crippen LogP contribution in [0.2, 0.25) is 0 Å². The first kappa shape index (κ1) is 9.73. The van der Waals surface area contributed by atoms with E-state index in [0.29, 0.717) is 4.48 Å². The second kappa shape index (κ2) is 4.61. The molecule has 4 N–H and O–H groups in total. The van der Waals surface area contributed by atoms with E-state index >= 15 is 0 Å². The molecule has 13 heavy (non-hydrogen) atoms. The number of hydrogen-bond donors (Lipinski definition) is 3. The predicted octanol–water partition coefficient (Wildman–Crippen LogP) is 1.67. The van der Waals surface area contributed by atoms with Gasteiger partial charge < -0.3 is 11.1 Å². The fourth-order valence-corrected chi connectivity index (χ4v) is 0.787. The highest BCUT2D eigenvalue weighted by Gasteiger charge is 1.93. The van der Waals surface area contributed by atoms with Crippen molar-refractivity contribution in [3.63, 3.8) is 0 Å². The number of nitrogens with one attached hydrogen (secondary N) is 2. The Labute approximate surface area is 84.5 Å². The number of rotatable bonds is 3. The Hall–Kier alpha value is -1.36. The minimum atomic E-state index is -0.0172. The van der Waals surface area contributed by atoms with Crippen molar-refractivity contribution in [2.24, 2.45) is 5.73 Å². The van der Waals surface area contributed by atoms with E-state index in [0.717, 1.165) is 5.69 Å². The summed E-state index contributed by atoms with van der Waals surface area (Å²) in [4.78, 5) is 3.92. The fraction of sp³-hybridized carbons (Fsp3) is 0. The SMILES string of the molecule is N=C(N)/C(Br)=C\Nc1cccnc1. The van der Waals surface area contributed by atoms with Crippen molar-refractivity contribution in [1.82, 2.24) is 4.98 Å². The third kappa shape index (κ3) is 3.25. The molecule has 0 aliphatic heterocycles. The van der Waals surface area contributed by atoms with Crippen LogP contribution < -0.4 is 11.1 Å². The third-order valence-corrected chi connectivity index (χ3v) is 1.94. The Morgan fingerprint density at radius 2 is 2.46 bits per heavy atom. The number of anilines is 1. The molecule has 1 aromatic heterocycles. The number of nitrogens with two attached hydrogens (primary N) is 1. The van der Waals surface area contributed by atoms with Crippen LogP contribution >= 0.6 is 15.9 Å². The van der Waals surface area contributed by atoms with Gasteiger partial charge in [-0.1, -0.05) is 0 Å². The van der Waals surface area contributed by atoms with Gasteiger partial charge in [0.15, 0.2) is 0 Å². The maximum atomic E-state index is 7.07. The van der Waals surface area contributed by atoms with Crippen molar-refractivity contribution < 1.29 is 0 Å². The first-order valence-electron chi connectivity index (χ1n) is 3.57. The van der Waals surface area contributed by atoms with Crippen LogP contribution in [0.3, 0.4) is 0 Å². The summed E-state index contributed by atoms with van der Waals surface area (Å²) in [6.07, 6.45) is 4.96. The highest BCUT2D eigenvalue weighted by Crippen LogP contribution is 2.07. The fourth-order valence-electron chi connectivity index (χ4n) is 0.673. The number of hydrogen-bond acceptors (Lipinski definition) is 3. The normalized spacial score (nSPS) is 11.0. The molecule has 5 heteroatoms. The van der Waals surface area contributed by atoms with E-state index in [1.807, 2.05) is 12.1 Å². The summed E-state index contributed by atoms with van der Waals surface area (Å²) in [6.45, 7) is 0. The standard InChI is InChI=1S/C8H9BrN4/c9-7(8(10)11)5-13-6-2-1-3-12-4-6/h1-5,13H,(H3,10,11)/b7-5+. The van der Waals surface area contributed by atoms with Crippen LogP contribution in [0.25, 0.3) is 0 Å². The molecule has 0 atom stereocenters. The van der Waals surface area contributed by atoms with Crippen LogP contribution in [0.4, 0.5) is 5.69 Å². The summed E-state index contributed by atoms with van der Waals surface area (Å²) in [7, 11) is 0. The Bertz CT molecular complexity index is 320. The van der Waals surface area contributed by atoms with Crippen molar-refractivity contribution in [2.75, 3.05) is 5.32 Å². The molecule has 1 rings (SSSR count). The largest absolute Gasteiger partial charge is 0.383 e. The van der Waals surface area contributed by atoms with Gasteiger partial charge in [-0.15, -0.1) is 0 Å². The van der Waals surface area contributed by atoms with Crippen LogP contribution in [-0.4, -0.2) is 10.8 Å². The lowest BCUT2D eigenvalue weighted by molar-refractivity contribution is 1.32. The Balaban J connectivity index is 2.62. The molecule has 68 valence electrons. The minimum absolute atomic E-state index is 0.0172. The molecule has 0 amide bonds. The van der Waals surface area contributed by atoms with Gasteiger partial charge in [0.05, 0.1) is 16.4 Å². The molecule has 0 unspecified atom stereocenters. The van der Waals surface area contributed by atoms with Gasteiger partial charge in [0.2, 0.25) is 0 Å². The molecule has 0 bridgehead atoms. The van der Waals surface area contributed by atoms with Crippen LogP contribution in [0.15, 0.2) is 35.2 Å². The van der Waals surface area contributed by atoms with Crippen LogP contribution in [0, 0.1) is 5.41 Å². The summed E-state index contributed by atoms with van der Waals surface area (Å²) in [5.41, 5.74) is 6.06. The molecule has 0 aromatic carbocycles. The Kier molecular flexibility index (Phi) is 3.45. The molecular formula is C8H9BrN4. The van der Waals surface area contributed by atoms with Gasteiger partial charge in [-0.25, -0.2) is 0 Å². The molecule has 0 aliphatic carbocycles. The first-order valence-corrected chi connectivity index (χ1v) is 4.36. The molecule has 0 radical (unpaired) electrons. The summed E-state index contributed by atoms with van der Waals surface area (Å²) in [5, 5.41) is 10.0. The molecule has 4 nitrogen and oxygen atoms in total. The van der Waals surface area contributed by atoms with Crippen molar-refractivity contribution in [2.45, 2.75) is 0 Å². The maximum Gasteiger partial charge on any atom is 0.131 e. The third-order valence-electron chi connectivity index (χ3n) is 1.28. The lowest BCUT2D eigenvalue weighted by atomic mass is 10.4. The van der Waals surface area contributed by atoms with Crippen LogP contribution in [-0.2, 0) is 0 Å². The van der Waals surface area contributed by atoms with Gasteiger partial charge in [-0.3, -0.25) is 10.4 Å². The number of amidine groups is 1. The molecule has 1 aromatic rings. The summed E-state index contributed by atoms with van der Waals surface area (Å²) in [5.74, 6) is -0.0172. The average molecular weight is 241 g/mol. The van der Waals surface area contributed by atoms with Gasteiger partial charge >= 0.3 is 0 Å². The van der Waals surface area contributed by atoms with E-state index in [2.05, 4.69) is 26.2 Å². The van der Waals surface area contributed by atoms with Gasteiger partial charge in [0.25, 0.3) is 0 Å². The molecule has 0 spiro atoms. The molecule has 0 saturated carbocycles. The first-order chi connectivity index (χ1) is 6.20. The van der Waals surface area contributed by atoms with E-state index in [9.17, 15) is 0 Å². The zero-order valence-electron chi connectivity index (χ0n) is 6.79. The van der Waals surface area contributed by atoms with Crippen LogP contribution in [0.1, 0.15) is 0 Å². The van der Waals surface area contributed by atoms with Crippen molar-refractivity contribution in [3.8, 4) is 0 Å². The van der Waals surface area contributed by atoms with Crippen molar-refractivity contribution >= 4 is 27.5 Å². The molecule has 0 saturated heterocycles. The highest BCUT2D eigenvalue weighted by atomic mass is 79.9. The molecular weight excluding hydrogens is 232 g/mol. The molecule has 1 heterocycles. The van der Waals surface area contributed by atoms with E-state index in [1.54, 1.807) is 18.6 Å². The van der Waals surface area contributed by atoms with Crippen molar-refractivity contribution in [3.05, 3.63) is 35.2 Å². The topological polar surface area (TPSA) is 74.8 Å². The predicted molar refractivity (Wildman–Crippen MR) is 56.8 cm³/mol. The van der Waals surface area contributed by atoms with Gasteiger partial charge in [0.1, 0.15) is 5.84 Å². The number of nitrogens with zero attached hydrogens (tertiary/aromatic N) is 1. The van der Waals surface area contributed by atoms with Crippen molar-refractivity contribution in [1.29, 1.82) is 5.41 Å².